The molecule has 0 aliphatic carbocycles. The zero-order valence-electron chi connectivity index (χ0n) is 14.2. The van der Waals surface area contributed by atoms with Crippen LogP contribution in [0.1, 0.15) is 16.7 Å². The second-order valence-corrected chi connectivity index (χ2v) is 6.79. The molecule has 26 heavy (non-hydrogen) atoms. The Morgan fingerprint density at radius 1 is 1.19 bits per heavy atom. The van der Waals surface area contributed by atoms with Gasteiger partial charge in [0, 0.05) is 37.2 Å². The van der Waals surface area contributed by atoms with Gasteiger partial charge >= 0.3 is 5.97 Å². The quantitative estimate of drug-likeness (QED) is 0.505. The minimum absolute atomic E-state index is 0.246. The summed E-state index contributed by atoms with van der Waals surface area (Å²) in [4.78, 5) is 27.7. The number of carboxylic acids is 1. The first-order chi connectivity index (χ1) is 12.5. The number of benzene rings is 1. The van der Waals surface area contributed by atoms with Crippen LogP contribution in [0.25, 0.3) is 0 Å². The standard InChI is InChI=1S/C18H18N4O3S/c1-21-9-14(8-19-21)7-15-10-22(11-16(23)24)18(20-17(15)25)26-12-13-5-3-2-4-6-13/h2-6,8-10H,7,11-12H2,1H3,(H,23,24). The zero-order valence-corrected chi connectivity index (χ0v) is 15.0. The molecule has 3 rings (SSSR count). The number of aromatic nitrogens is 4. The zero-order chi connectivity index (χ0) is 18.5. The molecule has 8 heteroatoms. The molecule has 0 aliphatic rings. The molecule has 0 bridgehead atoms. The number of aliphatic carboxylic acids is 1. The second-order valence-electron chi connectivity index (χ2n) is 5.85. The summed E-state index contributed by atoms with van der Waals surface area (Å²) in [5.41, 5.74) is 2.06. The van der Waals surface area contributed by atoms with E-state index in [1.54, 1.807) is 24.1 Å². The number of nitrogens with zero attached hydrogens (tertiary/aromatic N) is 4. The van der Waals surface area contributed by atoms with Gasteiger partial charge in [-0.1, -0.05) is 42.1 Å². The van der Waals surface area contributed by atoms with E-state index in [0.717, 1.165) is 11.1 Å². The first-order valence-corrected chi connectivity index (χ1v) is 8.96. The maximum Gasteiger partial charge on any atom is 0.323 e. The number of hydrogen-bond donors (Lipinski definition) is 1. The highest BCUT2D eigenvalue weighted by Gasteiger charge is 2.13. The first-order valence-electron chi connectivity index (χ1n) is 7.97. The smallest absolute Gasteiger partial charge is 0.323 e. The topological polar surface area (TPSA) is 90.0 Å². The van der Waals surface area contributed by atoms with Crippen molar-refractivity contribution in [1.82, 2.24) is 19.3 Å². The summed E-state index contributed by atoms with van der Waals surface area (Å²) in [6.07, 6.45) is 5.45. The molecule has 0 saturated heterocycles. The number of rotatable bonds is 7. The van der Waals surface area contributed by atoms with Gasteiger partial charge in [0.1, 0.15) is 6.54 Å². The average Bonchev–Trinajstić information content (AvgIpc) is 3.02. The summed E-state index contributed by atoms with van der Waals surface area (Å²) < 4.78 is 3.17. The molecule has 1 N–H and O–H groups in total. The lowest BCUT2D eigenvalue weighted by atomic mass is 10.1. The summed E-state index contributed by atoms with van der Waals surface area (Å²) in [6.45, 7) is -0.246. The van der Waals surface area contributed by atoms with Gasteiger partial charge in [0.2, 0.25) is 0 Å². The van der Waals surface area contributed by atoms with Crippen LogP contribution in [0.5, 0.6) is 0 Å². The molecule has 2 heterocycles. The Bertz CT molecular complexity index is 966. The first kappa shape index (κ1) is 17.9. The number of carboxylic acid groups (broad SMARTS) is 1. The highest BCUT2D eigenvalue weighted by molar-refractivity contribution is 7.98. The third kappa shape index (κ3) is 4.60. The van der Waals surface area contributed by atoms with Crippen molar-refractivity contribution in [3.63, 3.8) is 0 Å². The van der Waals surface area contributed by atoms with Gasteiger partial charge in [-0.2, -0.15) is 10.1 Å². The maximum absolute atomic E-state index is 12.4. The van der Waals surface area contributed by atoms with E-state index in [-0.39, 0.29) is 12.1 Å². The van der Waals surface area contributed by atoms with Crippen molar-refractivity contribution in [2.45, 2.75) is 23.9 Å². The molecule has 0 radical (unpaired) electrons. The Morgan fingerprint density at radius 2 is 1.96 bits per heavy atom. The van der Waals surface area contributed by atoms with Crippen LogP contribution >= 0.6 is 11.8 Å². The molecule has 0 fully saturated rings. The lowest BCUT2D eigenvalue weighted by Gasteiger charge is -2.11. The summed E-state index contributed by atoms with van der Waals surface area (Å²) in [5.74, 6) is -0.376. The SMILES string of the molecule is Cn1cc(Cc2cn(CC(=O)O)c(SCc3ccccc3)nc2=O)cn1. The molecule has 0 atom stereocenters. The summed E-state index contributed by atoms with van der Waals surface area (Å²) in [5, 5.41) is 13.7. The predicted molar refractivity (Wildman–Crippen MR) is 98.1 cm³/mol. The summed E-state index contributed by atoms with van der Waals surface area (Å²) >= 11 is 1.35. The van der Waals surface area contributed by atoms with Crippen LogP contribution in [0.2, 0.25) is 0 Å². The minimum Gasteiger partial charge on any atom is -0.480 e. The van der Waals surface area contributed by atoms with E-state index in [2.05, 4.69) is 10.1 Å². The maximum atomic E-state index is 12.4. The second kappa shape index (κ2) is 8.01. The van der Waals surface area contributed by atoms with Crippen molar-refractivity contribution in [3.05, 3.63) is 76.0 Å². The van der Waals surface area contributed by atoms with Gasteiger partial charge in [-0.15, -0.1) is 0 Å². The Kier molecular flexibility index (Phi) is 5.52. The molecular weight excluding hydrogens is 352 g/mol. The normalized spacial score (nSPS) is 10.8. The molecule has 0 spiro atoms. The van der Waals surface area contributed by atoms with E-state index in [1.807, 2.05) is 36.5 Å². The Hall–Kier alpha value is -2.87. The van der Waals surface area contributed by atoms with Crippen LogP contribution in [-0.4, -0.2) is 30.4 Å². The molecular formula is C18H18N4O3S. The molecule has 134 valence electrons. The van der Waals surface area contributed by atoms with Crippen molar-refractivity contribution in [1.29, 1.82) is 0 Å². The number of thioether (sulfide) groups is 1. The lowest BCUT2D eigenvalue weighted by Crippen LogP contribution is -2.22. The molecule has 0 aliphatic heterocycles. The minimum atomic E-state index is -0.982. The van der Waals surface area contributed by atoms with E-state index < -0.39 is 5.97 Å². The fourth-order valence-electron chi connectivity index (χ4n) is 2.52. The van der Waals surface area contributed by atoms with Gasteiger partial charge in [0.25, 0.3) is 5.56 Å². The van der Waals surface area contributed by atoms with Gasteiger partial charge in [-0.25, -0.2) is 0 Å². The Balaban J connectivity index is 1.86. The number of carbonyl (C=O) groups is 1. The van der Waals surface area contributed by atoms with Crippen LogP contribution in [0.4, 0.5) is 0 Å². The molecule has 1 aromatic carbocycles. The van der Waals surface area contributed by atoms with E-state index >= 15 is 0 Å². The van der Waals surface area contributed by atoms with Crippen molar-refractivity contribution in [2.75, 3.05) is 0 Å². The molecule has 3 aromatic rings. The fraction of sp³-hybridized carbons (Fsp3) is 0.222. The summed E-state index contributed by atoms with van der Waals surface area (Å²) in [7, 11) is 1.80. The highest BCUT2D eigenvalue weighted by Crippen LogP contribution is 2.20. The van der Waals surface area contributed by atoms with Gasteiger partial charge in [0.05, 0.1) is 6.20 Å². The van der Waals surface area contributed by atoms with E-state index in [1.165, 1.54) is 16.3 Å². The molecule has 0 saturated carbocycles. The fourth-order valence-corrected chi connectivity index (χ4v) is 3.44. The number of hydrogen-bond acceptors (Lipinski definition) is 5. The molecule has 7 nitrogen and oxygen atoms in total. The van der Waals surface area contributed by atoms with E-state index in [0.29, 0.717) is 22.9 Å². The third-order valence-electron chi connectivity index (χ3n) is 3.70. The van der Waals surface area contributed by atoms with E-state index in [4.69, 9.17) is 0 Å². The van der Waals surface area contributed by atoms with Crippen LogP contribution in [0, 0.1) is 0 Å². The van der Waals surface area contributed by atoms with Gasteiger partial charge in [0.15, 0.2) is 5.16 Å². The lowest BCUT2D eigenvalue weighted by molar-refractivity contribution is -0.137. The van der Waals surface area contributed by atoms with E-state index in [9.17, 15) is 14.7 Å². The van der Waals surface area contributed by atoms with Gasteiger partial charge in [-0.05, 0) is 11.1 Å². The Labute approximate surface area is 154 Å². The number of aryl methyl sites for hydroxylation is 1. The van der Waals surface area contributed by atoms with Crippen molar-refractivity contribution in [3.8, 4) is 0 Å². The Morgan fingerprint density at radius 3 is 2.62 bits per heavy atom. The third-order valence-corrected chi connectivity index (χ3v) is 4.76. The molecule has 2 aromatic heterocycles. The average molecular weight is 370 g/mol. The largest absolute Gasteiger partial charge is 0.480 e. The van der Waals surface area contributed by atoms with Crippen molar-refractivity contribution >= 4 is 17.7 Å². The predicted octanol–water partition coefficient (Wildman–Crippen LogP) is 1.94. The van der Waals surface area contributed by atoms with Crippen LogP contribution in [0.15, 0.2) is 58.9 Å². The van der Waals surface area contributed by atoms with Crippen LogP contribution < -0.4 is 5.56 Å². The highest BCUT2D eigenvalue weighted by atomic mass is 32.2. The molecule has 0 amide bonds. The van der Waals surface area contributed by atoms with Crippen molar-refractivity contribution < 1.29 is 9.90 Å². The monoisotopic (exact) mass is 370 g/mol. The molecule has 0 unspecified atom stereocenters. The van der Waals surface area contributed by atoms with Crippen molar-refractivity contribution in [2.24, 2.45) is 7.05 Å². The van der Waals surface area contributed by atoms with Crippen LogP contribution in [0.3, 0.4) is 0 Å². The van der Waals surface area contributed by atoms with Crippen LogP contribution in [-0.2, 0) is 30.6 Å². The van der Waals surface area contributed by atoms with Gasteiger partial charge in [-0.3, -0.25) is 14.3 Å². The summed E-state index contributed by atoms with van der Waals surface area (Å²) in [6, 6.07) is 9.75. The van der Waals surface area contributed by atoms with Gasteiger partial charge < -0.3 is 9.67 Å².